The van der Waals surface area contributed by atoms with Gasteiger partial charge in [-0.25, -0.2) is 8.42 Å². The van der Waals surface area contributed by atoms with E-state index in [1.807, 2.05) is 0 Å². The molecule has 1 atom stereocenters. The van der Waals surface area contributed by atoms with E-state index in [0.29, 0.717) is 35.7 Å². The van der Waals surface area contributed by atoms with Crippen LogP contribution in [0.1, 0.15) is 12.8 Å². The molecule has 3 heterocycles. The van der Waals surface area contributed by atoms with Crippen molar-refractivity contribution >= 4 is 33.3 Å². The van der Waals surface area contributed by atoms with Crippen LogP contribution in [-0.4, -0.2) is 62.7 Å². The van der Waals surface area contributed by atoms with Crippen LogP contribution in [0, 0.1) is 0 Å². The van der Waals surface area contributed by atoms with E-state index in [4.69, 9.17) is 18.6 Å². The van der Waals surface area contributed by atoms with E-state index in [1.165, 1.54) is 31.7 Å². The fourth-order valence-corrected chi connectivity index (χ4v) is 6.38. The lowest BCUT2D eigenvalue weighted by Gasteiger charge is -2.21. The zero-order valence-electron chi connectivity index (χ0n) is 18.1. The molecule has 0 bridgehead atoms. The molecule has 1 N–H and O–H groups in total. The Hall–Kier alpha value is -3.16. The smallest absolute Gasteiger partial charge is 0.322 e. The van der Waals surface area contributed by atoms with Gasteiger partial charge in [0, 0.05) is 12.1 Å². The number of methoxy groups -OCH3 is 3. The summed E-state index contributed by atoms with van der Waals surface area (Å²) in [6, 6.07) is 5.43. The summed E-state index contributed by atoms with van der Waals surface area (Å²) in [5.41, 5.74) is 0.486. The normalized spacial score (nSPS) is 16.5. The number of anilines is 1. The highest BCUT2D eigenvalue weighted by atomic mass is 32.2. The topological polar surface area (TPSA) is 133 Å². The Labute approximate surface area is 194 Å². The van der Waals surface area contributed by atoms with Gasteiger partial charge in [0.05, 0.1) is 21.3 Å². The Morgan fingerprint density at radius 2 is 1.91 bits per heavy atom. The second-order valence-electron chi connectivity index (χ2n) is 7.02. The van der Waals surface area contributed by atoms with Crippen molar-refractivity contribution in [2.75, 3.05) is 33.2 Å². The van der Waals surface area contributed by atoms with Gasteiger partial charge in [0.15, 0.2) is 11.5 Å². The molecule has 1 fully saturated rings. The molecule has 33 heavy (non-hydrogen) atoms. The molecule has 1 aromatic carbocycles. The van der Waals surface area contributed by atoms with E-state index in [2.05, 4.69) is 15.5 Å². The zero-order chi connectivity index (χ0) is 23.6. The minimum Gasteiger partial charge on any atom is -0.493 e. The number of benzene rings is 1. The highest BCUT2D eigenvalue weighted by Gasteiger charge is 2.40. The summed E-state index contributed by atoms with van der Waals surface area (Å²) in [6.45, 7) is 0.263. The third-order valence-corrected chi connectivity index (χ3v) is 8.41. The average Bonchev–Trinajstić information content (AvgIpc) is 3.59. The maximum atomic E-state index is 12.9. The van der Waals surface area contributed by atoms with Crippen LogP contribution in [0.2, 0.25) is 0 Å². The van der Waals surface area contributed by atoms with Crippen LogP contribution in [0.4, 0.5) is 6.01 Å². The maximum absolute atomic E-state index is 12.9. The maximum Gasteiger partial charge on any atom is 0.322 e. The first-order chi connectivity index (χ1) is 15.9. The van der Waals surface area contributed by atoms with E-state index < -0.39 is 22.0 Å². The van der Waals surface area contributed by atoms with E-state index in [0.717, 1.165) is 11.3 Å². The number of amides is 1. The number of nitrogens with one attached hydrogen (secondary N) is 1. The van der Waals surface area contributed by atoms with Gasteiger partial charge in [-0.15, -0.1) is 16.4 Å². The molecular weight excluding hydrogens is 472 g/mol. The lowest BCUT2D eigenvalue weighted by atomic mass is 10.2. The van der Waals surface area contributed by atoms with E-state index in [1.54, 1.807) is 23.6 Å². The van der Waals surface area contributed by atoms with Crippen LogP contribution >= 0.6 is 11.3 Å². The number of sulfonamides is 1. The number of hydrogen-bond acceptors (Lipinski definition) is 10. The summed E-state index contributed by atoms with van der Waals surface area (Å²) in [4.78, 5) is 12.9. The Balaban J connectivity index is 1.54. The van der Waals surface area contributed by atoms with Gasteiger partial charge in [0.1, 0.15) is 10.3 Å². The number of carbonyl (C=O) groups is 1. The summed E-state index contributed by atoms with van der Waals surface area (Å²) in [7, 11) is 0.703. The van der Waals surface area contributed by atoms with Crippen LogP contribution < -0.4 is 19.5 Å². The molecule has 11 nitrogen and oxygen atoms in total. The predicted octanol–water partition coefficient (Wildman–Crippen LogP) is 2.62. The number of hydrogen-bond donors (Lipinski definition) is 1. The monoisotopic (exact) mass is 494 g/mol. The van der Waals surface area contributed by atoms with Crippen molar-refractivity contribution in [1.82, 2.24) is 14.5 Å². The van der Waals surface area contributed by atoms with Crippen molar-refractivity contribution < 1.29 is 31.8 Å². The number of ether oxygens (including phenoxy) is 3. The molecule has 3 aromatic rings. The number of rotatable bonds is 8. The van der Waals surface area contributed by atoms with Crippen molar-refractivity contribution in [2.45, 2.75) is 23.1 Å². The van der Waals surface area contributed by atoms with Gasteiger partial charge in [-0.05, 0) is 36.4 Å². The third-order valence-electron chi connectivity index (χ3n) is 5.13. The molecule has 13 heteroatoms. The number of aromatic nitrogens is 2. The van der Waals surface area contributed by atoms with Crippen LogP contribution in [0.15, 0.2) is 38.3 Å². The first-order valence-electron chi connectivity index (χ1n) is 9.89. The molecule has 1 saturated heterocycles. The van der Waals surface area contributed by atoms with E-state index in [-0.39, 0.29) is 22.7 Å². The Morgan fingerprint density at radius 1 is 1.18 bits per heavy atom. The van der Waals surface area contributed by atoms with Crippen molar-refractivity contribution in [2.24, 2.45) is 0 Å². The van der Waals surface area contributed by atoms with Crippen LogP contribution in [0.3, 0.4) is 0 Å². The quantitative estimate of drug-likeness (QED) is 0.501. The van der Waals surface area contributed by atoms with Crippen LogP contribution in [0.5, 0.6) is 17.2 Å². The van der Waals surface area contributed by atoms with Gasteiger partial charge in [-0.3, -0.25) is 10.1 Å². The van der Waals surface area contributed by atoms with Crippen molar-refractivity contribution in [1.29, 1.82) is 0 Å². The molecule has 0 unspecified atom stereocenters. The highest BCUT2D eigenvalue weighted by Crippen LogP contribution is 2.41. The average molecular weight is 495 g/mol. The van der Waals surface area contributed by atoms with Gasteiger partial charge in [0.25, 0.3) is 10.0 Å². The Kier molecular flexibility index (Phi) is 6.54. The van der Waals surface area contributed by atoms with Crippen LogP contribution in [-0.2, 0) is 14.8 Å². The van der Waals surface area contributed by atoms with Crippen LogP contribution in [0.25, 0.3) is 11.5 Å². The van der Waals surface area contributed by atoms with Gasteiger partial charge < -0.3 is 18.6 Å². The molecule has 1 aliphatic heterocycles. The first-order valence-corrected chi connectivity index (χ1v) is 12.2. The first kappa shape index (κ1) is 23.0. The Morgan fingerprint density at radius 3 is 2.52 bits per heavy atom. The minimum atomic E-state index is -3.76. The second kappa shape index (κ2) is 9.37. The standard InChI is InChI=1S/C20H22N4O7S2/c1-28-14-10-12(11-15(29-2)17(14)30-3)19-22-23-20(31-19)21-18(25)13-6-4-8-24(13)33(26,27)16-7-5-9-32-16/h5,7,9-11,13H,4,6,8H2,1-3H3,(H,21,23,25)/t13-/m1/s1. The molecule has 0 saturated carbocycles. The molecule has 0 aliphatic carbocycles. The summed E-state index contributed by atoms with van der Waals surface area (Å²) < 4.78 is 48.8. The number of nitrogens with zero attached hydrogens (tertiary/aromatic N) is 3. The molecule has 4 rings (SSSR count). The summed E-state index contributed by atoms with van der Waals surface area (Å²) in [6.07, 6.45) is 0.966. The lowest BCUT2D eigenvalue weighted by molar-refractivity contribution is -0.119. The lowest BCUT2D eigenvalue weighted by Crippen LogP contribution is -2.42. The number of carbonyl (C=O) groups excluding carboxylic acids is 1. The molecule has 2 aromatic heterocycles. The van der Waals surface area contributed by atoms with E-state index in [9.17, 15) is 13.2 Å². The molecule has 1 aliphatic rings. The summed E-state index contributed by atoms with van der Waals surface area (Å²) in [5.74, 6) is 0.781. The highest BCUT2D eigenvalue weighted by molar-refractivity contribution is 7.91. The molecule has 0 spiro atoms. The zero-order valence-corrected chi connectivity index (χ0v) is 19.7. The van der Waals surface area contributed by atoms with Gasteiger partial charge in [-0.1, -0.05) is 11.2 Å². The fourth-order valence-electron chi connectivity index (χ4n) is 3.60. The predicted molar refractivity (Wildman–Crippen MR) is 119 cm³/mol. The molecule has 176 valence electrons. The van der Waals surface area contributed by atoms with Crippen molar-refractivity contribution in [3.8, 4) is 28.7 Å². The minimum absolute atomic E-state index is 0.110. The molecular formula is C20H22N4O7S2. The van der Waals surface area contributed by atoms with E-state index >= 15 is 0 Å². The van der Waals surface area contributed by atoms with Gasteiger partial charge in [-0.2, -0.15) is 4.31 Å². The van der Waals surface area contributed by atoms with Gasteiger partial charge in [0.2, 0.25) is 17.5 Å². The van der Waals surface area contributed by atoms with Gasteiger partial charge >= 0.3 is 6.01 Å². The molecule has 0 radical (unpaired) electrons. The third kappa shape index (κ3) is 4.38. The number of thiophene rings is 1. The second-order valence-corrected chi connectivity index (χ2v) is 10.1. The van der Waals surface area contributed by atoms with Crippen molar-refractivity contribution in [3.63, 3.8) is 0 Å². The summed E-state index contributed by atoms with van der Waals surface area (Å²) in [5, 5.41) is 12.0. The SMILES string of the molecule is COc1cc(-c2nnc(NC(=O)[C@H]3CCCN3S(=O)(=O)c3cccs3)o2)cc(OC)c1OC. The fraction of sp³-hybridized carbons (Fsp3) is 0.350. The largest absolute Gasteiger partial charge is 0.493 e. The van der Waals surface area contributed by atoms with Crippen molar-refractivity contribution in [3.05, 3.63) is 29.6 Å². The molecule has 1 amide bonds. The summed E-state index contributed by atoms with van der Waals surface area (Å²) >= 11 is 1.11. The Bertz CT molecular complexity index is 1220.